The van der Waals surface area contributed by atoms with Crippen molar-refractivity contribution in [1.82, 2.24) is 0 Å². The zero-order chi connectivity index (χ0) is 15.9. The zero-order valence-electron chi connectivity index (χ0n) is 10.1. The van der Waals surface area contributed by atoms with E-state index in [-0.39, 0.29) is 0 Å². The molecule has 1 aromatic rings. The van der Waals surface area contributed by atoms with Crippen LogP contribution in [0.4, 0.5) is 24.0 Å². The van der Waals surface area contributed by atoms with E-state index in [1.807, 2.05) is 0 Å². The van der Waals surface area contributed by atoms with Crippen LogP contribution in [0.15, 0.2) is 12.1 Å². The standard InChI is InChI=1S/C10H7F3N2O5S/c11-5-1-7(12)10(8(2-5)15(17)18)14-4-6(3-9(14)16)21(13,19)20/h1-2,6H,3-4H2. The molecule has 21 heavy (non-hydrogen) atoms. The lowest BCUT2D eigenvalue weighted by Gasteiger charge is -2.16. The molecule has 0 aliphatic carbocycles. The van der Waals surface area contributed by atoms with E-state index >= 15 is 0 Å². The molecule has 11 heteroatoms. The summed E-state index contributed by atoms with van der Waals surface area (Å²) in [5.74, 6) is -3.65. The highest BCUT2D eigenvalue weighted by molar-refractivity contribution is 7.87. The summed E-state index contributed by atoms with van der Waals surface area (Å²) in [6.45, 7) is -0.777. The van der Waals surface area contributed by atoms with Gasteiger partial charge in [-0.2, -0.15) is 8.42 Å². The maximum Gasteiger partial charge on any atom is 0.307 e. The van der Waals surface area contributed by atoms with Crippen molar-refractivity contribution in [2.24, 2.45) is 0 Å². The first-order valence-corrected chi connectivity index (χ1v) is 6.93. The topological polar surface area (TPSA) is 97.6 Å². The third-order valence-corrected chi connectivity index (χ3v) is 4.07. The predicted molar refractivity (Wildman–Crippen MR) is 63.8 cm³/mol. The zero-order valence-corrected chi connectivity index (χ0v) is 10.9. The summed E-state index contributed by atoms with van der Waals surface area (Å²) in [4.78, 5) is 21.8. The van der Waals surface area contributed by atoms with Gasteiger partial charge in [-0.1, -0.05) is 0 Å². The number of halogens is 3. The number of amides is 1. The van der Waals surface area contributed by atoms with Crippen LogP contribution in [0.2, 0.25) is 0 Å². The highest BCUT2D eigenvalue weighted by Crippen LogP contribution is 2.36. The number of hydrogen-bond acceptors (Lipinski definition) is 5. The van der Waals surface area contributed by atoms with E-state index in [0.717, 1.165) is 0 Å². The fourth-order valence-corrected chi connectivity index (χ4v) is 2.71. The van der Waals surface area contributed by atoms with Gasteiger partial charge in [0.1, 0.15) is 11.1 Å². The van der Waals surface area contributed by atoms with Crippen LogP contribution < -0.4 is 4.90 Å². The molecule has 1 aliphatic heterocycles. The second-order valence-electron chi connectivity index (χ2n) is 4.32. The van der Waals surface area contributed by atoms with Gasteiger partial charge >= 0.3 is 10.2 Å². The molecular weight excluding hydrogens is 317 g/mol. The average Bonchev–Trinajstić information content (AvgIpc) is 2.70. The summed E-state index contributed by atoms with van der Waals surface area (Å²) < 4.78 is 61.2. The molecule has 1 amide bonds. The lowest BCUT2D eigenvalue weighted by atomic mass is 10.2. The normalized spacial score (nSPS) is 19.1. The van der Waals surface area contributed by atoms with Crippen molar-refractivity contribution in [1.29, 1.82) is 0 Å². The SMILES string of the molecule is O=C1CC(S(=O)(=O)F)CN1c1c(F)cc(F)cc1[N+](=O)[O-]. The van der Waals surface area contributed by atoms with Crippen LogP contribution in [0.3, 0.4) is 0 Å². The van der Waals surface area contributed by atoms with E-state index < -0.39 is 62.3 Å². The first kappa shape index (κ1) is 15.2. The van der Waals surface area contributed by atoms with Crippen molar-refractivity contribution in [3.8, 4) is 0 Å². The fraction of sp³-hybridized carbons (Fsp3) is 0.300. The average molecular weight is 324 g/mol. The first-order chi connectivity index (χ1) is 9.61. The van der Waals surface area contributed by atoms with Crippen LogP contribution in [0.25, 0.3) is 0 Å². The Morgan fingerprint density at radius 2 is 1.95 bits per heavy atom. The summed E-state index contributed by atoms with van der Waals surface area (Å²) in [5, 5.41) is 9.07. The van der Waals surface area contributed by atoms with E-state index in [1.54, 1.807) is 0 Å². The van der Waals surface area contributed by atoms with Crippen molar-refractivity contribution in [3.63, 3.8) is 0 Å². The lowest BCUT2D eigenvalue weighted by Crippen LogP contribution is -2.28. The molecule has 1 heterocycles. The Morgan fingerprint density at radius 1 is 1.33 bits per heavy atom. The van der Waals surface area contributed by atoms with Gasteiger partial charge in [-0.25, -0.2) is 8.78 Å². The number of anilines is 1. The van der Waals surface area contributed by atoms with Crippen LogP contribution in [0.1, 0.15) is 6.42 Å². The van der Waals surface area contributed by atoms with Gasteiger partial charge in [-0.05, 0) is 0 Å². The molecule has 0 spiro atoms. The second kappa shape index (κ2) is 4.98. The molecular formula is C10H7F3N2O5S. The quantitative estimate of drug-likeness (QED) is 0.474. The highest BCUT2D eigenvalue weighted by Gasteiger charge is 2.42. The van der Waals surface area contributed by atoms with Crippen molar-refractivity contribution >= 4 is 27.5 Å². The predicted octanol–water partition coefficient (Wildman–Crippen LogP) is 1.28. The van der Waals surface area contributed by atoms with Gasteiger partial charge in [0.2, 0.25) is 5.91 Å². The Bertz CT molecular complexity index is 736. The monoisotopic (exact) mass is 324 g/mol. The molecule has 1 aromatic carbocycles. The van der Waals surface area contributed by atoms with Crippen LogP contribution in [0.5, 0.6) is 0 Å². The van der Waals surface area contributed by atoms with Gasteiger partial charge < -0.3 is 4.90 Å². The number of nitrogens with zero attached hydrogens (tertiary/aromatic N) is 2. The van der Waals surface area contributed by atoms with E-state index in [2.05, 4.69) is 0 Å². The van der Waals surface area contributed by atoms with Crippen LogP contribution in [-0.4, -0.2) is 31.0 Å². The van der Waals surface area contributed by atoms with E-state index in [4.69, 9.17) is 0 Å². The van der Waals surface area contributed by atoms with E-state index in [1.165, 1.54) is 0 Å². The summed E-state index contributed by atoms with van der Waals surface area (Å²) in [6, 6.07) is 0.704. The minimum atomic E-state index is -5.06. The number of nitro groups is 1. The molecule has 1 fully saturated rings. The summed E-state index contributed by atoms with van der Waals surface area (Å²) in [6.07, 6.45) is -0.771. The van der Waals surface area contributed by atoms with E-state index in [0.29, 0.717) is 17.0 Å². The molecule has 7 nitrogen and oxygen atoms in total. The third kappa shape index (κ3) is 2.82. The largest absolute Gasteiger partial charge is 0.307 e. The number of carbonyl (C=O) groups is 1. The molecule has 0 saturated carbocycles. The van der Waals surface area contributed by atoms with Crippen molar-refractivity contribution in [3.05, 3.63) is 33.9 Å². The van der Waals surface area contributed by atoms with Crippen LogP contribution in [-0.2, 0) is 15.0 Å². The maximum absolute atomic E-state index is 13.7. The Morgan fingerprint density at radius 3 is 2.43 bits per heavy atom. The van der Waals surface area contributed by atoms with Gasteiger partial charge in [-0.3, -0.25) is 14.9 Å². The second-order valence-corrected chi connectivity index (χ2v) is 5.94. The van der Waals surface area contributed by atoms with Crippen molar-refractivity contribution < 1.29 is 30.8 Å². The van der Waals surface area contributed by atoms with Crippen molar-refractivity contribution in [2.75, 3.05) is 11.4 Å². The lowest BCUT2D eigenvalue weighted by molar-refractivity contribution is -0.384. The Hall–Kier alpha value is -2.17. The number of rotatable bonds is 3. The maximum atomic E-state index is 13.7. The molecule has 0 aromatic heterocycles. The number of carbonyl (C=O) groups excluding carboxylic acids is 1. The number of hydrogen-bond donors (Lipinski definition) is 0. The molecule has 0 radical (unpaired) electrons. The minimum Gasteiger partial charge on any atom is -0.303 e. The summed E-state index contributed by atoms with van der Waals surface area (Å²) >= 11 is 0. The van der Waals surface area contributed by atoms with Gasteiger partial charge in [0.05, 0.1) is 11.0 Å². The Balaban J connectivity index is 2.53. The number of nitro benzene ring substituents is 1. The van der Waals surface area contributed by atoms with Crippen LogP contribution in [0, 0.1) is 21.7 Å². The van der Waals surface area contributed by atoms with Gasteiger partial charge in [-0.15, -0.1) is 3.89 Å². The third-order valence-electron chi connectivity index (χ3n) is 2.96. The fourth-order valence-electron chi connectivity index (χ4n) is 2.04. The molecule has 2 rings (SSSR count). The van der Waals surface area contributed by atoms with Crippen LogP contribution >= 0.6 is 0 Å². The molecule has 1 aliphatic rings. The minimum absolute atomic E-state index is 0.312. The molecule has 0 N–H and O–H groups in total. The van der Waals surface area contributed by atoms with Gasteiger partial charge in [0, 0.05) is 19.0 Å². The molecule has 0 bridgehead atoms. The Kier molecular flexibility index (Phi) is 3.61. The van der Waals surface area contributed by atoms with Crippen molar-refractivity contribution in [2.45, 2.75) is 11.7 Å². The van der Waals surface area contributed by atoms with Gasteiger partial charge in [0.15, 0.2) is 11.5 Å². The molecule has 1 unspecified atom stereocenters. The summed E-state index contributed by atoms with van der Waals surface area (Å²) in [7, 11) is -5.06. The number of benzene rings is 1. The summed E-state index contributed by atoms with van der Waals surface area (Å²) in [5.41, 5.74) is -1.92. The smallest absolute Gasteiger partial charge is 0.303 e. The van der Waals surface area contributed by atoms with E-state index in [9.17, 15) is 36.0 Å². The first-order valence-electron chi connectivity index (χ1n) is 5.48. The molecule has 1 saturated heterocycles. The van der Waals surface area contributed by atoms with Gasteiger partial charge in [0.25, 0.3) is 5.69 Å². The highest BCUT2D eigenvalue weighted by atomic mass is 32.3. The molecule has 1 atom stereocenters. The Labute approximate surface area is 116 Å². The molecule has 114 valence electrons.